The first-order chi connectivity index (χ1) is 13.7. The molecular formula is C20H21ClF3N3O2. The van der Waals surface area contributed by atoms with Gasteiger partial charge in [-0.1, -0.05) is 23.7 Å². The molecule has 0 bridgehead atoms. The van der Waals surface area contributed by atoms with E-state index in [1.54, 1.807) is 30.3 Å². The molecule has 0 aromatic heterocycles. The zero-order chi connectivity index (χ0) is 21.0. The maximum atomic E-state index is 13.6. The van der Waals surface area contributed by atoms with Crippen LogP contribution in [0.4, 0.5) is 29.3 Å². The SMILES string of the molecule is CN(Cc1cccc(Cl)c1)C(=O)Nc1ccc(N2CCOCC2)cc1C(F)(F)F. The Morgan fingerprint density at radius 1 is 1.21 bits per heavy atom. The highest BCUT2D eigenvalue weighted by Crippen LogP contribution is 2.37. The Hall–Kier alpha value is -2.45. The van der Waals surface area contributed by atoms with E-state index in [-0.39, 0.29) is 12.2 Å². The molecule has 1 N–H and O–H groups in total. The minimum absolute atomic E-state index is 0.208. The number of halogens is 4. The van der Waals surface area contributed by atoms with Crippen LogP contribution in [0.15, 0.2) is 42.5 Å². The number of ether oxygens (including phenoxy) is 1. The summed E-state index contributed by atoms with van der Waals surface area (Å²) in [6.07, 6.45) is -4.60. The third-order valence-electron chi connectivity index (χ3n) is 4.58. The highest BCUT2D eigenvalue weighted by atomic mass is 35.5. The summed E-state index contributed by atoms with van der Waals surface area (Å²) in [5.41, 5.74) is 0.0585. The van der Waals surface area contributed by atoms with Crippen LogP contribution in [0.3, 0.4) is 0 Å². The van der Waals surface area contributed by atoms with Crippen LogP contribution < -0.4 is 10.2 Å². The average Bonchev–Trinajstić information content (AvgIpc) is 2.68. The molecule has 156 valence electrons. The normalized spacial score (nSPS) is 14.6. The number of alkyl halides is 3. The number of nitrogens with one attached hydrogen (secondary N) is 1. The largest absolute Gasteiger partial charge is 0.418 e. The van der Waals surface area contributed by atoms with Gasteiger partial charge in [0.15, 0.2) is 0 Å². The summed E-state index contributed by atoms with van der Waals surface area (Å²) in [4.78, 5) is 15.6. The van der Waals surface area contributed by atoms with Gasteiger partial charge >= 0.3 is 12.2 Å². The fraction of sp³-hybridized carbons (Fsp3) is 0.350. The summed E-state index contributed by atoms with van der Waals surface area (Å²) in [6.45, 7) is 2.18. The molecule has 0 radical (unpaired) electrons. The Morgan fingerprint density at radius 3 is 2.59 bits per heavy atom. The van der Waals surface area contributed by atoms with Gasteiger partial charge in [0.05, 0.1) is 24.5 Å². The maximum absolute atomic E-state index is 13.6. The van der Waals surface area contributed by atoms with Gasteiger partial charge in [0.1, 0.15) is 0 Å². The molecule has 1 heterocycles. The van der Waals surface area contributed by atoms with Gasteiger partial charge in [-0.25, -0.2) is 4.79 Å². The predicted octanol–water partition coefficient (Wildman–Crippen LogP) is 4.86. The van der Waals surface area contributed by atoms with Crippen molar-refractivity contribution in [1.82, 2.24) is 4.90 Å². The van der Waals surface area contributed by atoms with Crippen molar-refractivity contribution in [3.8, 4) is 0 Å². The summed E-state index contributed by atoms with van der Waals surface area (Å²) >= 11 is 5.93. The maximum Gasteiger partial charge on any atom is 0.418 e. The number of carbonyl (C=O) groups excluding carboxylic acids is 1. The standard InChI is InChI=1S/C20H21ClF3N3O2/c1-26(13-14-3-2-4-15(21)11-14)19(28)25-18-6-5-16(12-17(18)20(22,23)24)27-7-9-29-10-8-27/h2-6,11-12H,7-10,13H2,1H3,(H,25,28). The average molecular weight is 428 g/mol. The van der Waals surface area contributed by atoms with Crippen LogP contribution in [-0.2, 0) is 17.5 Å². The number of morpholine rings is 1. The highest BCUT2D eigenvalue weighted by Gasteiger charge is 2.35. The summed E-state index contributed by atoms with van der Waals surface area (Å²) < 4.78 is 46.1. The number of benzene rings is 2. The van der Waals surface area contributed by atoms with E-state index in [2.05, 4.69) is 5.32 Å². The fourth-order valence-electron chi connectivity index (χ4n) is 3.09. The van der Waals surface area contributed by atoms with Gasteiger partial charge in [-0.15, -0.1) is 0 Å². The van der Waals surface area contributed by atoms with E-state index in [1.807, 2.05) is 4.90 Å². The molecule has 1 aliphatic heterocycles. The molecule has 0 saturated carbocycles. The second-order valence-corrected chi connectivity index (χ2v) is 7.18. The molecule has 3 rings (SSSR count). The van der Waals surface area contributed by atoms with E-state index in [0.29, 0.717) is 37.0 Å². The van der Waals surface area contributed by atoms with Crippen molar-refractivity contribution < 1.29 is 22.7 Å². The number of nitrogens with zero attached hydrogens (tertiary/aromatic N) is 2. The molecule has 9 heteroatoms. The van der Waals surface area contributed by atoms with Crippen LogP contribution in [0.25, 0.3) is 0 Å². The summed E-state index contributed by atoms with van der Waals surface area (Å²) in [7, 11) is 1.51. The molecular weight excluding hydrogens is 407 g/mol. The number of anilines is 2. The van der Waals surface area contributed by atoms with Crippen molar-refractivity contribution in [2.24, 2.45) is 0 Å². The third-order valence-corrected chi connectivity index (χ3v) is 4.82. The molecule has 29 heavy (non-hydrogen) atoms. The molecule has 1 saturated heterocycles. The van der Waals surface area contributed by atoms with E-state index in [4.69, 9.17) is 16.3 Å². The fourth-order valence-corrected chi connectivity index (χ4v) is 3.30. The monoisotopic (exact) mass is 427 g/mol. The first kappa shape index (κ1) is 21.3. The molecule has 0 aliphatic carbocycles. The van der Waals surface area contributed by atoms with E-state index in [9.17, 15) is 18.0 Å². The van der Waals surface area contributed by atoms with Crippen LogP contribution in [0.5, 0.6) is 0 Å². The van der Waals surface area contributed by atoms with Crippen molar-refractivity contribution >= 4 is 29.0 Å². The number of hydrogen-bond acceptors (Lipinski definition) is 3. The Morgan fingerprint density at radius 2 is 1.93 bits per heavy atom. The molecule has 2 amide bonds. The smallest absolute Gasteiger partial charge is 0.378 e. The number of carbonyl (C=O) groups is 1. The molecule has 5 nitrogen and oxygen atoms in total. The second kappa shape index (κ2) is 8.92. The minimum atomic E-state index is -4.60. The summed E-state index contributed by atoms with van der Waals surface area (Å²) in [6, 6.07) is 10.2. The first-order valence-corrected chi connectivity index (χ1v) is 9.42. The zero-order valence-corrected chi connectivity index (χ0v) is 16.6. The van der Waals surface area contributed by atoms with Gasteiger partial charge in [-0.3, -0.25) is 0 Å². The lowest BCUT2D eigenvalue weighted by Crippen LogP contribution is -2.36. The Bertz CT molecular complexity index is 870. The van der Waals surface area contributed by atoms with Gasteiger partial charge in [-0.05, 0) is 35.9 Å². The Labute approximate surface area is 172 Å². The quantitative estimate of drug-likeness (QED) is 0.758. The van der Waals surface area contributed by atoms with Crippen LogP contribution in [0.1, 0.15) is 11.1 Å². The Balaban J connectivity index is 1.77. The number of urea groups is 1. The Kier molecular flexibility index (Phi) is 6.54. The van der Waals surface area contributed by atoms with Crippen LogP contribution in [-0.4, -0.2) is 44.3 Å². The predicted molar refractivity (Wildman–Crippen MR) is 106 cm³/mol. The summed E-state index contributed by atoms with van der Waals surface area (Å²) in [5.74, 6) is 0. The van der Waals surface area contributed by atoms with Gasteiger partial charge in [-0.2, -0.15) is 13.2 Å². The van der Waals surface area contributed by atoms with Crippen molar-refractivity contribution in [1.29, 1.82) is 0 Å². The topological polar surface area (TPSA) is 44.8 Å². The molecule has 1 aliphatic rings. The van der Waals surface area contributed by atoms with Crippen molar-refractivity contribution in [3.05, 3.63) is 58.6 Å². The highest BCUT2D eigenvalue weighted by molar-refractivity contribution is 6.30. The van der Waals surface area contributed by atoms with Crippen LogP contribution in [0, 0.1) is 0 Å². The lowest BCUT2D eigenvalue weighted by atomic mass is 10.1. The minimum Gasteiger partial charge on any atom is -0.378 e. The van der Waals surface area contributed by atoms with Crippen LogP contribution >= 0.6 is 11.6 Å². The summed E-state index contributed by atoms with van der Waals surface area (Å²) in [5, 5.41) is 2.90. The van der Waals surface area contributed by atoms with E-state index in [0.717, 1.165) is 11.6 Å². The molecule has 0 unspecified atom stereocenters. The van der Waals surface area contributed by atoms with E-state index in [1.165, 1.54) is 18.0 Å². The number of hydrogen-bond donors (Lipinski definition) is 1. The van der Waals surface area contributed by atoms with Gasteiger partial charge < -0.3 is 19.9 Å². The van der Waals surface area contributed by atoms with Crippen molar-refractivity contribution in [2.75, 3.05) is 43.6 Å². The van der Waals surface area contributed by atoms with Crippen molar-refractivity contribution in [2.45, 2.75) is 12.7 Å². The van der Waals surface area contributed by atoms with Gasteiger partial charge in [0.25, 0.3) is 0 Å². The van der Waals surface area contributed by atoms with E-state index >= 15 is 0 Å². The second-order valence-electron chi connectivity index (χ2n) is 6.74. The lowest BCUT2D eigenvalue weighted by molar-refractivity contribution is -0.136. The lowest BCUT2D eigenvalue weighted by Gasteiger charge is -2.30. The number of rotatable bonds is 4. The molecule has 1 fully saturated rings. The first-order valence-electron chi connectivity index (χ1n) is 9.04. The molecule has 0 spiro atoms. The number of amides is 2. The van der Waals surface area contributed by atoms with Crippen LogP contribution in [0.2, 0.25) is 5.02 Å². The third kappa shape index (κ3) is 5.55. The molecule has 2 aromatic rings. The molecule has 0 atom stereocenters. The zero-order valence-electron chi connectivity index (χ0n) is 15.8. The van der Waals surface area contributed by atoms with E-state index < -0.39 is 17.8 Å². The van der Waals surface area contributed by atoms with Gasteiger partial charge in [0.2, 0.25) is 0 Å². The molecule has 2 aromatic carbocycles. The van der Waals surface area contributed by atoms with Gasteiger partial charge in [0, 0.05) is 37.4 Å². The van der Waals surface area contributed by atoms with Crippen molar-refractivity contribution in [3.63, 3.8) is 0 Å².